The molecule has 0 radical (unpaired) electrons. The molecule has 0 bridgehead atoms. The Labute approximate surface area is 208 Å². The second kappa shape index (κ2) is 8.91. The van der Waals surface area contributed by atoms with Crippen LogP contribution in [-0.4, -0.2) is 32.3 Å². The van der Waals surface area contributed by atoms with Crippen molar-refractivity contribution in [3.05, 3.63) is 76.8 Å². The molecule has 1 aliphatic heterocycles. The molecule has 2 aromatic heterocycles. The standard InChI is InChI=1S/C27H26ClN5O2/c1-32-24-12-18(11-19-15-34-16-19)5-9-22(24)30-26(32)29-14-17-3-7-21(8-4-17)35-27-31-23-10-6-20(28)13-25(23)33(27)2/h3-10,12-13,19H,11,14-16H2,1-2H3,(H,29,30). The van der Waals surface area contributed by atoms with Gasteiger partial charge in [-0.1, -0.05) is 29.8 Å². The Bertz CT molecular complexity index is 1520. The van der Waals surface area contributed by atoms with Gasteiger partial charge in [-0.05, 0) is 60.0 Å². The molecular formula is C27H26ClN5O2. The van der Waals surface area contributed by atoms with Gasteiger partial charge in [0.25, 0.3) is 0 Å². The Hall–Kier alpha value is -3.55. The predicted octanol–water partition coefficient (Wildman–Crippen LogP) is 5.71. The summed E-state index contributed by atoms with van der Waals surface area (Å²) in [7, 11) is 3.97. The quantitative estimate of drug-likeness (QED) is 0.318. The van der Waals surface area contributed by atoms with Crippen molar-refractivity contribution in [3.63, 3.8) is 0 Å². The second-order valence-corrected chi connectivity index (χ2v) is 9.55. The minimum Gasteiger partial charge on any atom is -0.426 e. The van der Waals surface area contributed by atoms with Crippen molar-refractivity contribution < 1.29 is 9.47 Å². The molecule has 1 saturated heterocycles. The molecule has 0 aliphatic carbocycles. The smallest absolute Gasteiger partial charge is 0.302 e. The summed E-state index contributed by atoms with van der Waals surface area (Å²) in [4.78, 5) is 9.33. The highest BCUT2D eigenvalue weighted by atomic mass is 35.5. The van der Waals surface area contributed by atoms with E-state index >= 15 is 0 Å². The fourth-order valence-corrected chi connectivity index (χ4v) is 4.62. The van der Waals surface area contributed by atoms with Gasteiger partial charge in [0, 0.05) is 31.6 Å². The number of nitrogens with one attached hydrogen (secondary N) is 1. The number of hydrogen-bond donors (Lipinski definition) is 1. The number of rotatable bonds is 7. The first-order chi connectivity index (χ1) is 17.0. The van der Waals surface area contributed by atoms with Crippen molar-refractivity contribution in [1.82, 2.24) is 19.1 Å². The average molecular weight is 488 g/mol. The Kier molecular flexibility index (Phi) is 5.59. The van der Waals surface area contributed by atoms with Gasteiger partial charge in [-0.3, -0.25) is 4.57 Å². The van der Waals surface area contributed by atoms with Gasteiger partial charge in [-0.2, -0.15) is 4.98 Å². The molecule has 5 aromatic rings. The van der Waals surface area contributed by atoms with Gasteiger partial charge >= 0.3 is 6.01 Å². The first kappa shape index (κ1) is 21.9. The van der Waals surface area contributed by atoms with Crippen LogP contribution in [0.2, 0.25) is 5.02 Å². The van der Waals surface area contributed by atoms with Crippen molar-refractivity contribution in [3.8, 4) is 11.8 Å². The maximum absolute atomic E-state index is 6.12. The van der Waals surface area contributed by atoms with Crippen LogP contribution in [0.15, 0.2) is 60.7 Å². The van der Waals surface area contributed by atoms with Gasteiger partial charge in [-0.15, -0.1) is 0 Å². The second-order valence-electron chi connectivity index (χ2n) is 9.11. The fourth-order valence-electron chi connectivity index (χ4n) is 4.45. The molecule has 0 unspecified atom stereocenters. The Morgan fingerprint density at radius 1 is 0.914 bits per heavy atom. The van der Waals surface area contributed by atoms with Crippen LogP contribution in [0.1, 0.15) is 11.1 Å². The third-order valence-corrected chi connectivity index (χ3v) is 6.80. The van der Waals surface area contributed by atoms with Crippen molar-refractivity contribution in [1.29, 1.82) is 0 Å². The van der Waals surface area contributed by atoms with Crippen molar-refractivity contribution in [2.75, 3.05) is 18.5 Å². The highest BCUT2D eigenvalue weighted by Gasteiger charge is 2.19. The zero-order chi connectivity index (χ0) is 23.9. The maximum Gasteiger partial charge on any atom is 0.302 e. The Balaban J connectivity index is 1.13. The van der Waals surface area contributed by atoms with E-state index in [1.54, 1.807) is 0 Å². The lowest BCUT2D eigenvalue weighted by molar-refractivity contribution is -0.0312. The van der Waals surface area contributed by atoms with E-state index in [1.807, 2.05) is 54.1 Å². The number of ether oxygens (including phenoxy) is 2. The minimum absolute atomic E-state index is 0.525. The minimum atomic E-state index is 0.525. The molecule has 8 heteroatoms. The molecule has 178 valence electrons. The summed E-state index contributed by atoms with van der Waals surface area (Å²) < 4.78 is 15.3. The van der Waals surface area contributed by atoms with Crippen LogP contribution in [-0.2, 0) is 31.8 Å². The molecule has 35 heavy (non-hydrogen) atoms. The summed E-state index contributed by atoms with van der Waals surface area (Å²) in [5.74, 6) is 2.22. The van der Waals surface area contributed by atoms with E-state index in [0.29, 0.717) is 23.5 Å². The number of nitrogens with zero attached hydrogens (tertiary/aromatic N) is 4. The lowest BCUT2D eigenvalue weighted by Gasteiger charge is -2.25. The summed E-state index contributed by atoms with van der Waals surface area (Å²) in [6.45, 7) is 2.40. The summed E-state index contributed by atoms with van der Waals surface area (Å²) in [5.41, 5.74) is 6.37. The molecule has 3 heterocycles. The number of halogens is 1. The molecule has 0 amide bonds. The van der Waals surface area contributed by atoms with E-state index in [4.69, 9.17) is 26.1 Å². The summed E-state index contributed by atoms with van der Waals surface area (Å²) in [6.07, 6.45) is 1.06. The Morgan fingerprint density at radius 2 is 1.63 bits per heavy atom. The zero-order valence-electron chi connectivity index (χ0n) is 19.7. The third-order valence-electron chi connectivity index (χ3n) is 6.56. The monoisotopic (exact) mass is 487 g/mol. The molecule has 7 nitrogen and oxygen atoms in total. The number of anilines is 1. The van der Waals surface area contributed by atoms with Crippen LogP contribution >= 0.6 is 11.6 Å². The number of hydrogen-bond acceptors (Lipinski definition) is 5. The van der Waals surface area contributed by atoms with Crippen molar-refractivity contribution in [2.45, 2.75) is 13.0 Å². The largest absolute Gasteiger partial charge is 0.426 e. The predicted molar refractivity (Wildman–Crippen MR) is 138 cm³/mol. The lowest BCUT2D eigenvalue weighted by atomic mass is 9.98. The van der Waals surface area contributed by atoms with Gasteiger partial charge in [0.2, 0.25) is 5.95 Å². The van der Waals surface area contributed by atoms with E-state index in [9.17, 15) is 0 Å². The van der Waals surface area contributed by atoms with Crippen LogP contribution in [0.25, 0.3) is 22.1 Å². The number of aromatic nitrogens is 4. The zero-order valence-corrected chi connectivity index (χ0v) is 20.4. The Morgan fingerprint density at radius 3 is 2.40 bits per heavy atom. The highest BCUT2D eigenvalue weighted by Crippen LogP contribution is 2.27. The van der Waals surface area contributed by atoms with Gasteiger partial charge in [0.15, 0.2) is 0 Å². The van der Waals surface area contributed by atoms with Crippen LogP contribution in [0.3, 0.4) is 0 Å². The van der Waals surface area contributed by atoms with Crippen LogP contribution < -0.4 is 10.1 Å². The summed E-state index contributed by atoms with van der Waals surface area (Å²) >= 11 is 6.12. The van der Waals surface area contributed by atoms with Crippen molar-refractivity contribution >= 4 is 39.6 Å². The molecular weight excluding hydrogens is 462 g/mol. The van der Waals surface area contributed by atoms with E-state index in [1.165, 1.54) is 5.56 Å². The number of fused-ring (bicyclic) bond motifs is 2. The molecule has 1 N–H and O–H groups in total. The summed E-state index contributed by atoms with van der Waals surface area (Å²) in [6, 6.07) is 20.7. The molecule has 1 fully saturated rings. The maximum atomic E-state index is 6.12. The molecule has 1 aliphatic rings. The fraction of sp³-hybridized carbons (Fsp3) is 0.259. The molecule has 0 saturated carbocycles. The molecule has 0 atom stereocenters. The van der Waals surface area contributed by atoms with E-state index in [2.05, 4.69) is 40.1 Å². The van der Waals surface area contributed by atoms with Gasteiger partial charge in [-0.25, -0.2) is 4.98 Å². The van der Waals surface area contributed by atoms with Gasteiger partial charge < -0.3 is 19.4 Å². The number of aryl methyl sites for hydroxylation is 2. The van der Waals surface area contributed by atoms with Gasteiger partial charge in [0.05, 0.1) is 35.3 Å². The van der Waals surface area contributed by atoms with E-state index in [-0.39, 0.29) is 0 Å². The number of benzene rings is 3. The van der Waals surface area contributed by atoms with Crippen molar-refractivity contribution in [2.24, 2.45) is 20.0 Å². The topological polar surface area (TPSA) is 66.1 Å². The van der Waals surface area contributed by atoms with E-state index < -0.39 is 0 Å². The normalized spacial score (nSPS) is 13.9. The third kappa shape index (κ3) is 4.33. The van der Waals surface area contributed by atoms with Gasteiger partial charge in [0.1, 0.15) is 5.75 Å². The van der Waals surface area contributed by atoms with Crippen LogP contribution in [0, 0.1) is 5.92 Å². The molecule has 6 rings (SSSR count). The SMILES string of the molecule is Cn1c(NCc2ccc(Oc3nc4ccc(Cl)cc4n3C)cc2)nc2ccc(CC3COC3)cc21. The summed E-state index contributed by atoms with van der Waals surface area (Å²) in [5, 5.41) is 4.14. The molecule has 0 spiro atoms. The first-order valence-corrected chi connectivity index (χ1v) is 12.1. The van der Waals surface area contributed by atoms with E-state index in [0.717, 1.165) is 59.0 Å². The first-order valence-electron chi connectivity index (χ1n) is 11.7. The van der Waals surface area contributed by atoms with Crippen LogP contribution in [0.5, 0.6) is 11.8 Å². The lowest BCUT2D eigenvalue weighted by Crippen LogP contribution is -2.29. The number of imidazole rings is 2. The van der Waals surface area contributed by atoms with Crippen LogP contribution in [0.4, 0.5) is 5.95 Å². The highest BCUT2D eigenvalue weighted by molar-refractivity contribution is 6.31. The average Bonchev–Trinajstić information content (AvgIpc) is 3.32. The molecule has 3 aromatic carbocycles.